The van der Waals surface area contributed by atoms with E-state index in [2.05, 4.69) is 0 Å². The summed E-state index contributed by atoms with van der Waals surface area (Å²) in [5.74, 6) is -1.22. The number of hydrogen-bond donors (Lipinski definition) is 1. The molecule has 134 valence electrons. The average molecular weight is 357 g/mol. The Balaban J connectivity index is 2.19. The highest BCUT2D eigenvalue weighted by Gasteiger charge is 2.37. The third kappa shape index (κ3) is 4.84. The molecule has 1 heterocycles. The summed E-state index contributed by atoms with van der Waals surface area (Å²) in [6.45, 7) is 0.391. The molecule has 1 N–H and O–H groups in total. The van der Waals surface area contributed by atoms with E-state index in [0.717, 1.165) is 12.8 Å². The van der Waals surface area contributed by atoms with Crippen LogP contribution in [0, 0.1) is 0 Å². The average Bonchev–Trinajstić information content (AvgIpc) is 2.51. The Labute approximate surface area is 132 Å². The minimum Gasteiger partial charge on any atom is -0.350 e. The maximum absolute atomic E-state index is 12.7. The normalized spacial score (nSPS) is 19.2. The summed E-state index contributed by atoms with van der Waals surface area (Å²) in [7, 11) is 0. The molecule has 1 aliphatic rings. The second-order valence-corrected chi connectivity index (χ2v) is 5.14. The minimum absolute atomic E-state index is 0.0537. The smallest absolute Gasteiger partial charge is 0.350 e. The van der Waals surface area contributed by atoms with Gasteiger partial charge in [-0.3, -0.25) is 4.79 Å². The number of carbonyl (C=O) groups is 1. The number of alkyl halides is 6. The number of carbonyl (C=O) groups excluding carboxylic acids is 1. The van der Waals surface area contributed by atoms with Crippen LogP contribution in [-0.4, -0.2) is 18.8 Å². The molecule has 1 aliphatic heterocycles. The summed E-state index contributed by atoms with van der Waals surface area (Å²) < 4.78 is 81.5. The van der Waals surface area contributed by atoms with Crippen LogP contribution < -0.4 is 5.48 Å². The molecule has 0 bridgehead atoms. The molecular formula is C14H13F6NO3. The van der Waals surface area contributed by atoms with E-state index < -0.39 is 41.2 Å². The fraction of sp³-hybridized carbons (Fsp3) is 0.500. The zero-order valence-electron chi connectivity index (χ0n) is 12.1. The van der Waals surface area contributed by atoms with Crippen molar-refractivity contribution >= 4 is 5.91 Å². The van der Waals surface area contributed by atoms with Crippen LogP contribution >= 0.6 is 0 Å². The van der Waals surface area contributed by atoms with E-state index in [0.29, 0.717) is 25.2 Å². The first-order valence-corrected chi connectivity index (χ1v) is 6.94. The topological polar surface area (TPSA) is 47.6 Å². The van der Waals surface area contributed by atoms with Gasteiger partial charge in [-0.2, -0.15) is 26.3 Å². The number of amides is 1. The molecule has 0 radical (unpaired) electrons. The summed E-state index contributed by atoms with van der Waals surface area (Å²) in [6.07, 6.45) is -8.81. The van der Waals surface area contributed by atoms with Gasteiger partial charge in [0.15, 0.2) is 6.29 Å². The van der Waals surface area contributed by atoms with Crippen LogP contribution in [0.1, 0.15) is 40.7 Å². The first-order valence-electron chi connectivity index (χ1n) is 6.94. The molecule has 1 aromatic carbocycles. The van der Waals surface area contributed by atoms with E-state index in [1.807, 2.05) is 5.48 Å². The van der Waals surface area contributed by atoms with Crippen molar-refractivity contribution in [1.29, 1.82) is 0 Å². The zero-order valence-corrected chi connectivity index (χ0v) is 12.1. The van der Waals surface area contributed by atoms with E-state index >= 15 is 0 Å². The van der Waals surface area contributed by atoms with Crippen LogP contribution in [0.5, 0.6) is 0 Å². The number of benzene rings is 1. The molecule has 0 saturated carbocycles. The third-order valence-corrected chi connectivity index (χ3v) is 3.27. The Kier molecular flexibility index (Phi) is 5.38. The number of hydrogen-bond acceptors (Lipinski definition) is 3. The van der Waals surface area contributed by atoms with Gasteiger partial charge in [-0.05, 0) is 31.0 Å². The van der Waals surface area contributed by atoms with Gasteiger partial charge in [0.25, 0.3) is 5.91 Å². The Hall–Kier alpha value is -1.81. The van der Waals surface area contributed by atoms with E-state index in [4.69, 9.17) is 9.57 Å². The second-order valence-electron chi connectivity index (χ2n) is 5.14. The van der Waals surface area contributed by atoms with Crippen molar-refractivity contribution in [1.82, 2.24) is 5.48 Å². The summed E-state index contributed by atoms with van der Waals surface area (Å²) in [5, 5.41) is 0. The largest absolute Gasteiger partial charge is 0.416 e. The maximum atomic E-state index is 12.7. The van der Waals surface area contributed by atoms with E-state index in [1.54, 1.807) is 0 Å². The molecule has 0 aromatic heterocycles. The summed E-state index contributed by atoms with van der Waals surface area (Å²) in [5.41, 5.74) is -2.13. The molecule has 1 fully saturated rings. The first kappa shape index (κ1) is 18.5. The minimum atomic E-state index is -5.02. The Morgan fingerprint density at radius 3 is 2.08 bits per heavy atom. The van der Waals surface area contributed by atoms with Gasteiger partial charge in [0.1, 0.15) is 0 Å². The fourth-order valence-corrected chi connectivity index (χ4v) is 2.07. The van der Waals surface area contributed by atoms with Gasteiger partial charge in [0.2, 0.25) is 0 Å². The molecule has 1 saturated heterocycles. The highest BCUT2D eigenvalue weighted by Crippen LogP contribution is 2.36. The molecule has 1 atom stereocenters. The summed E-state index contributed by atoms with van der Waals surface area (Å²) in [4.78, 5) is 16.7. The molecule has 4 nitrogen and oxygen atoms in total. The Morgan fingerprint density at radius 1 is 1.04 bits per heavy atom. The molecule has 1 aromatic rings. The highest BCUT2D eigenvalue weighted by atomic mass is 19.4. The number of nitrogens with one attached hydrogen (secondary N) is 1. The van der Waals surface area contributed by atoms with Gasteiger partial charge < -0.3 is 4.74 Å². The van der Waals surface area contributed by atoms with Crippen LogP contribution in [-0.2, 0) is 21.9 Å². The Bertz CT molecular complexity index is 561. The van der Waals surface area contributed by atoms with Crippen LogP contribution in [0.3, 0.4) is 0 Å². The number of ether oxygens (including phenoxy) is 1. The molecule has 1 amide bonds. The predicted molar refractivity (Wildman–Crippen MR) is 68.6 cm³/mol. The first-order chi connectivity index (χ1) is 11.1. The lowest BCUT2D eigenvalue weighted by molar-refractivity contribution is -0.186. The van der Waals surface area contributed by atoms with Crippen molar-refractivity contribution < 1.29 is 40.7 Å². The molecule has 24 heavy (non-hydrogen) atoms. The predicted octanol–water partition coefficient (Wildman–Crippen LogP) is 3.91. The van der Waals surface area contributed by atoms with Crippen LogP contribution in [0.2, 0.25) is 0 Å². The number of hydroxylamine groups is 1. The molecule has 2 rings (SSSR count). The number of halogens is 6. The van der Waals surface area contributed by atoms with Crippen molar-refractivity contribution in [3.63, 3.8) is 0 Å². The standard InChI is InChI=1S/C14H13F6NO3/c15-13(16,17)9-5-8(6-10(7-9)14(18,19)20)12(22)21-24-11-3-1-2-4-23-11/h5-7,11H,1-4H2,(H,21,22). The highest BCUT2D eigenvalue weighted by molar-refractivity contribution is 5.94. The van der Waals surface area contributed by atoms with Crippen molar-refractivity contribution in [2.75, 3.05) is 6.61 Å². The van der Waals surface area contributed by atoms with Crippen molar-refractivity contribution in [3.8, 4) is 0 Å². The molecule has 0 spiro atoms. The van der Waals surface area contributed by atoms with E-state index in [9.17, 15) is 31.1 Å². The van der Waals surface area contributed by atoms with Gasteiger partial charge in [0, 0.05) is 18.6 Å². The monoisotopic (exact) mass is 357 g/mol. The van der Waals surface area contributed by atoms with E-state index in [1.165, 1.54) is 0 Å². The maximum Gasteiger partial charge on any atom is 0.416 e. The second kappa shape index (κ2) is 6.98. The number of rotatable bonds is 3. The van der Waals surface area contributed by atoms with Crippen molar-refractivity contribution in [2.24, 2.45) is 0 Å². The van der Waals surface area contributed by atoms with Crippen molar-refractivity contribution in [2.45, 2.75) is 37.9 Å². The lowest BCUT2D eigenvalue weighted by Gasteiger charge is -2.22. The molecule has 0 aliphatic carbocycles. The van der Waals surface area contributed by atoms with Crippen LogP contribution in [0.25, 0.3) is 0 Å². The van der Waals surface area contributed by atoms with Gasteiger partial charge in [-0.15, -0.1) is 0 Å². The summed E-state index contributed by atoms with van der Waals surface area (Å²) in [6, 6.07) is 0.604. The molecule has 1 unspecified atom stereocenters. The molecular weight excluding hydrogens is 344 g/mol. The SMILES string of the molecule is O=C(NOC1CCCCO1)c1cc(C(F)(F)F)cc(C(F)(F)F)c1. The van der Waals surface area contributed by atoms with Gasteiger partial charge in [0.05, 0.1) is 11.1 Å². The fourth-order valence-electron chi connectivity index (χ4n) is 2.07. The Morgan fingerprint density at radius 2 is 1.62 bits per heavy atom. The third-order valence-electron chi connectivity index (χ3n) is 3.27. The van der Waals surface area contributed by atoms with Gasteiger partial charge in [-0.25, -0.2) is 10.3 Å². The lowest BCUT2D eigenvalue weighted by atomic mass is 10.0. The molecule has 10 heteroatoms. The lowest BCUT2D eigenvalue weighted by Crippen LogP contribution is -2.33. The van der Waals surface area contributed by atoms with Gasteiger partial charge >= 0.3 is 12.4 Å². The summed E-state index contributed by atoms with van der Waals surface area (Å²) >= 11 is 0. The van der Waals surface area contributed by atoms with Crippen molar-refractivity contribution in [3.05, 3.63) is 34.9 Å². The van der Waals surface area contributed by atoms with E-state index in [-0.39, 0.29) is 6.07 Å². The van der Waals surface area contributed by atoms with Gasteiger partial charge in [-0.1, -0.05) is 0 Å². The van der Waals surface area contributed by atoms with Crippen LogP contribution in [0.4, 0.5) is 26.3 Å². The quantitative estimate of drug-likeness (QED) is 0.659. The zero-order chi connectivity index (χ0) is 18.0. The van der Waals surface area contributed by atoms with Crippen LogP contribution in [0.15, 0.2) is 18.2 Å².